The molecule has 1 aromatic rings. The second-order valence-corrected chi connectivity index (χ2v) is 6.21. The van der Waals surface area contributed by atoms with Crippen LogP contribution in [0.5, 0.6) is 11.5 Å². The van der Waals surface area contributed by atoms with E-state index in [-0.39, 0.29) is 5.75 Å². The van der Waals surface area contributed by atoms with Crippen molar-refractivity contribution >= 4 is 5.96 Å². The highest BCUT2D eigenvalue weighted by atomic mass is 16.5. The van der Waals surface area contributed by atoms with Crippen LogP contribution in [0.15, 0.2) is 23.2 Å². The van der Waals surface area contributed by atoms with E-state index in [1.54, 1.807) is 13.2 Å². The van der Waals surface area contributed by atoms with Gasteiger partial charge in [0.15, 0.2) is 17.5 Å². The monoisotopic (exact) mass is 349 g/mol. The minimum Gasteiger partial charge on any atom is -0.504 e. The van der Waals surface area contributed by atoms with Crippen LogP contribution in [0, 0.1) is 5.92 Å². The highest BCUT2D eigenvalue weighted by Gasteiger charge is 2.24. The van der Waals surface area contributed by atoms with Crippen molar-refractivity contribution in [1.82, 2.24) is 10.2 Å². The molecule has 6 heteroatoms. The highest BCUT2D eigenvalue weighted by molar-refractivity contribution is 5.80. The van der Waals surface area contributed by atoms with Gasteiger partial charge in [0.05, 0.1) is 13.7 Å². The van der Waals surface area contributed by atoms with Crippen LogP contribution in [0.1, 0.15) is 25.8 Å². The third-order valence-corrected chi connectivity index (χ3v) is 4.42. The lowest BCUT2D eigenvalue weighted by molar-refractivity contribution is 0.114. The molecule has 0 bridgehead atoms. The van der Waals surface area contributed by atoms with Crippen molar-refractivity contribution in [2.75, 3.05) is 46.5 Å². The summed E-state index contributed by atoms with van der Waals surface area (Å²) in [4.78, 5) is 7.04. The number of nitrogens with zero attached hydrogens (tertiary/aromatic N) is 2. The Balaban J connectivity index is 1.94. The molecule has 0 aromatic heterocycles. The Morgan fingerprint density at radius 2 is 2.24 bits per heavy atom. The number of phenols is 1. The van der Waals surface area contributed by atoms with Crippen molar-refractivity contribution in [1.29, 1.82) is 0 Å². The largest absolute Gasteiger partial charge is 0.504 e. The zero-order valence-electron chi connectivity index (χ0n) is 15.6. The summed E-state index contributed by atoms with van der Waals surface area (Å²) in [7, 11) is 1.56. The number of guanidine groups is 1. The van der Waals surface area contributed by atoms with E-state index in [1.165, 1.54) is 0 Å². The van der Waals surface area contributed by atoms with Crippen LogP contribution in [-0.4, -0.2) is 62.5 Å². The van der Waals surface area contributed by atoms with Crippen molar-refractivity contribution in [3.05, 3.63) is 23.8 Å². The van der Waals surface area contributed by atoms with Crippen molar-refractivity contribution in [3.8, 4) is 11.5 Å². The Kier molecular flexibility index (Phi) is 7.85. The van der Waals surface area contributed by atoms with E-state index in [0.29, 0.717) is 24.6 Å². The number of rotatable bonds is 8. The van der Waals surface area contributed by atoms with E-state index >= 15 is 0 Å². The molecule has 1 unspecified atom stereocenters. The first-order chi connectivity index (χ1) is 12.2. The molecule has 1 heterocycles. The molecule has 25 heavy (non-hydrogen) atoms. The van der Waals surface area contributed by atoms with E-state index in [2.05, 4.69) is 17.1 Å². The van der Waals surface area contributed by atoms with Gasteiger partial charge in [-0.05, 0) is 38.3 Å². The number of hydrogen-bond donors (Lipinski definition) is 2. The molecule has 0 amide bonds. The molecule has 2 rings (SSSR count). The van der Waals surface area contributed by atoms with E-state index in [0.717, 1.165) is 50.8 Å². The maximum absolute atomic E-state index is 10.2. The molecule has 1 fully saturated rings. The minimum atomic E-state index is 0.211. The molecule has 1 atom stereocenters. The minimum absolute atomic E-state index is 0.211. The molecule has 0 saturated carbocycles. The van der Waals surface area contributed by atoms with Crippen molar-refractivity contribution < 1.29 is 14.6 Å². The van der Waals surface area contributed by atoms with Crippen LogP contribution in [0.2, 0.25) is 0 Å². The number of likely N-dealkylation sites (tertiary alicyclic amines) is 1. The molecule has 0 spiro atoms. The van der Waals surface area contributed by atoms with E-state index in [4.69, 9.17) is 14.5 Å². The molecule has 1 saturated heterocycles. The van der Waals surface area contributed by atoms with Crippen LogP contribution < -0.4 is 10.1 Å². The molecule has 0 radical (unpaired) electrons. The highest BCUT2D eigenvalue weighted by Crippen LogP contribution is 2.29. The number of para-hydroxylation sites is 1. The van der Waals surface area contributed by atoms with Gasteiger partial charge < -0.3 is 24.8 Å². The average Bonchev–Trinajstić information content (AvgIpc) is 3.09. The van der Waals surface area contributed by atoms with Crippen molar-refractivity contribution in [2.24, 2.45) is 10.9 Å². The fourth-order valence-corrected chi connectivity index (χ4v) is 3.09. The normalized spacial score (nSPS) is 17.8. The van der Waals surface area contributed by atoms with Gasteiger partial charge >= 0.3 is 0 Å². The Hall–Kier alpha value is -1.95. The van der Waals surface area contributed by atoms with Gasteiger partial charge in [-0.3, -0.25) is 4.99 Å². The van der Waals surface area contributed by atoms with E-state index < -0.39 is 0 Å². The lowest BCUT2D eigenvalue weighted by atomic mass is 10.1. The van der Waals surface area contributed by atoms with Gasteiger partial charge in [0.1, 0.15) is 0 Å². The van der Waals surface area contributed by atoms with Crippen LogP contribution in [0.4, 0.5) is 0 Å². The molecule has 1 aromatic carbocycles. The van der Waals surface area contributed by atoms with Crippen LogP contribution in [0.25, 0.3) is 0 Å². The summed E-state index contributed by atoms with van der Waals surface area (Å²) >= 11 is 0. The molecule has 140 valence electrons. The average molecular weight is 349 g/mol. The van der Waals surface area contributed by atoms with E-state index in [1.807, 2.05) is 19.1 Å². The number of benzene rings is 1. The summed E-state index contributed by atoms with van der Waals surface area (Å²) in [5.41, 5.74) is 0.856. The molecule has 0 aliphatic carbocycles. The first kappa shape index (κ1) is 19.4. The van der Waals surface area contributed by atoms with Gasteiger partial charge in [0.2, 0.25) is 0 Å². The fourth-order valence-electron chi connectivity index (χ4n) is 3.09. The van der Waals surface area contributed by atoms with Gasteiger partial charge in [-0.15, -0.1) is 0 Å². The summed E-state index contributed by atoms with van der Waals surface area (Å²) < 4.78 is 10.7. The summed E-state index contributed by atoms with van der Waals surface area (Å²) in [5.74, 6) is 2.24. The van der Waals surface area contributed by atoms with Crippen LogP contribution in [0.3, 0.4) is 0 Å². The quantitative estimate of drug-likeness (QED) is 0.557. The first-order valence-corrected chi connectivity index (χ1v) is 9.15. The standard InChI is InChI=1S/C19H31N3O3/c1-4-20-19(22-12-10-15(13-22)14-25-5-2)21-11-9-16-7-6-8-17(24-3)18(16)23/h6-8,15,23H,4-5,9-14H2,1-3H3,(H,20,21). The lowest BCUT2D eigenvalue weighted by Gasteiger charge is -2.21. The van der Waals surface area contributed by atoms with Gasteiger partial charge in [0.25, 0.3) is 0 Å². The van der Waals surface area contributed by atoms with Crippen LogP contribution >= 0.6 is 0 Å². The second-order valence-electron chi connectivity index (χ2n) is 6.21. The molecule has 1 aliphatic heterocycles. The van der Waals surface area contributed by atoms with Crippen molar-refractivity contribution in [2.45, 2.75) is 26.7 Å². The smallest absolute Gasteiger partial charge is 0.193 e. The first-order valence-electron chi connectivity index (χ1n) is 9.15. The Labute approximate surface area is 150 Å². The maximum atomic E-state index is 10.2. The van der Waals surface area contributed by atoms with Gasteiger partial charge in [-0.2, -0.15) is 0 Å². The number of hydrogen-bond acceptors (Lipinski definition) is 4. The SMILES string of the molecule is CCNC(=NCCc1cccc(OC)c1O)N1CCC(COCC)C1. The molecule has 6 nitrogen and oxygen atoms in total. The maximum Gasteiger partial charge on any atom is 0.193 e. The number of nitrogens with one attached hydrogen (secondary N) is 1. The number of methoxy groups -OCH3 is 1. The number of aromatic hydroxyl groups is 1. The third-order valence-electron chi connectivity index (χ3n) is 4.42. The predicted molar refractivity (Wildman–Crippen MR) is 101 cm³/mol. The summed E-state index contributed by atoms with van der Waals surface area (Å²) in [6, 6.07) is 5.56. The number of ether oxygens (including phenoxy) is 2. The molecular formula is C19H31N3O3. The Bertz CT molecular complexity index is 563. The van der Waals surface area contributed by atoms with Gasteiger partial charge in [-0.1, -0.05) is 12.1 Å². The van der Waals surface area contributed by atoms with Crippen molar-refractivity contribution in [3.63, 3.8) is 0 Å². The fraction of sp³-hybridized carbons (Fsp3) is 0.632. The Morgan fingerprint density at radius 1 is 1.40 bits per heavy atom. The number of aliphatic imine (C=N–C) groups is 1. The second kappa shape index (κ2) is 10.1. The summed E-state index contributed by atoms with van der Waals surface area (Å²) in [6.45, 7) is 9.16. The molecule has 2 N–H and O–H groups in total. The zero-order valence-corrected chi connectivity index (χ0v) is 15.6. The van der Waals surface area contributed by atoms with Gasteiger partial charge in [0, 0.05) is 38.7 Å². The molecular weight excluding hydrogens is 318 g/mol. The summed E-state index contributed by atoms with van der Waals surface area (Å²) in [6.07, 6.45) is 1.81. The Morgan fingerprint density at radius 3 is 2.96 bits per heavy atom. The number of phenolic OH excluding ortho intramolecular Hbond substituents is 1. The van der Waals surface area contributed by atoms with E-state index in [9.17, 15) is 5.11 Å². The summed E-state index contributed by atoms with van der Waals surface area (Å²) in [5, 5.41) is 13.5. The third kappa shape index (κ3) is 5.53. The topological polar surface area (TPSA) is 66.3 Å². The lowest BCUT2D eigenvalue weighted by Crippen LogP contribution is -2.40. The van der Waals surface area contributed by atoms with Gasteiger partial charge in [-0.25, -0.2) is 0 Å². The molecule has 1 aliphatic rings. The zero-order chi connectivity index (χ0) is 18.1. The predicted octanol–water partition coefficient (Wildman–Crippen LogP) is 2.27. The van der Waals surface area contributed by atoms with Crippen LogP contribution in [-0.2, 0) is 11.2 Å².